The highest BCUT2D eigenvalue weighted by molar-refractivity contribution is 6.04. The van der Waals surface area contributed by atoms with E-state index >= 15 is 0 Å². The van der Waals surface area contributed by atoms with Gasteiger partial charge in [-0.25, -0.2) is 0 Å². The van der Waals surface area contributed by atoms with Crippen LogP contribution >= 0.6 is 0 Å². The van der Waals surface area contributed by atoms with Crippen LogP contribution in [0.2, 0.25) is 0 Å². The van der Waals surface area contributed by atoms with Gasteiger partial charge in [-0.15, -0.1) is 0 Å². The highest BCUT2D eigenvalue weighted by Crippen LogP contribution is 2.22. The topological polar surface area (TPSA) is 179 Å². The highest BCUT2D eigenvalue weighted by atomic mass is 16.5. The number of carbonyl (C=O) groups is 4. The molecule has 1 atom stereocenters. The molecule has 6 N–H and O–H groups in total. The van der Waals surface area contributed by atoms with Gasteiger partial charge in [0.05, 0.1) is 52.4 Å². The van der Waals surface area contributed by atoms with Crippen LogP contribution in [0, 0.1) is 6.92 Å². The summed E-state index contributed by atoms with van der Waals surface area (Å²) in [6, 6.07) is 9.43. The van der Waals surface area contributed by atoms with Gasteiger partial charge in [0.25, 0.3) is 11.8 Å². The summed E-state index contributed by atoms with van der Waals surface area (Å²) < 4.78 is 21.7. The van der Waals surface area contributed by atoms with Crippen LogP contribution < -0.4 is 31.7 Å². The van der Waals surface area contributed by atoms with Gasteiger partial charge in [0.1, 0.15) is 11.8 Å². The van der Waals surface area contributed by atoms with E-state index in [2.05, 4.69) is 21.3 Å². The molecular weight excluding hydrogens is 546 g/mol. The van der Waals surface area contributed by atoms with Crippen molar-refractivity contribution in [3.8, 4) is 5.75 Å². The number of rotatable bonds is 17. The van der Waals surface area contributed by atoms with E-state index < -0.39 is 11.9 Å². The molecule has 0 radical (unpaired) electrons. The molecule has 0 aromatic heterocycles. The molecule has 228 valence electrons. The molecule has 3 rings (SSSR count). The van der Waals surface area contributed by atoms with Crippen molar-refractivity contribution in [3.63, 3.8) is 0 Å². The van der Waals surface area contributed by atoms with Gasteiger partial charge in [-0.1, -0.05) is 6.07 Å². The number of anilines is 2. The summed E-state index contributed by atoms with van der Waals surface area (Å²) in [6.07, 6.45) is 0.476. The maximum Gasteiger partial charge on any atom is 0.252 e. The van der Waals surface area contributed by atoms with E-state index in [9.17, 15) is 19.2 Å². The molecule has 4 amide bonds. The fourth-order valence-corrected chi connectivity index (χ4v) is 4.13. The number of piperidine rings is 1. The largest absolute Gasteiger partial charge is 0.495 e. The van der Waals surface area contributed by atoms with Crippen LogP contribution in [-0.4, -0.2) is 89.5 Å². The van der Waals surface area contributed by atoms with E-state index in [1.165, 1.54) is 7.11 Å². The number of ether oxygens (including phenoxy) is 4. The van der Waals surface area contributed by atoms with Gasteiger partial charge in [-0.2, -0.15) is 0 Å². The summed E-state index contributed by atoms with van der Waals surface area (Å²) in [5.74, 6) is -0.973. The van der Waals surface area contributed by atoms with Crippen molar-refractivity contribution in [2.45, 2.75) is 25.8 Å². The van der Waals surface area contributed by atoms with E-state index in [1.807, 2.05) is 13.0 Å². The van der Waals surface area contributed by atoms with E-state index in [0.29, 0.717) is 75.3 Å². The summed E-state index contributed by atoms with van der Waals surface area (Å²) in [4.78, 5) is 48.2. The van der Waals surface area contributed by atoms with Crippen LogP contribution in [0.1, 0.15) is 39.1 Å². The normalized spacial score (nSPS) is 14.7. The van der Waals surface area contributed by atoms with Gasteiger partial charge in [0, 0.05) is 36.3 Å². The third kappa shape index (κ3) is 10.0. The monoisotopic (exact) mass is 585 g/mol. The molecule has 13 nitrogen and oxygen atoms in total. The standard InChI is InChI=1S/C29H39N5O8/c1-19-21(28(37)33-24-8-9-26(35)34-29(24)38)4-3-5-23(19)31-10-12-40-14-16-42-17-15-41-13-11-32-27(36)20-6-7-22(30)25(18-20)39-2/h3-7,18,24,31H,8-17,30H2,1-2H3,(H,32,36)(H,33,37)(H,34,35,38). The molecule has 0 aliphatic carbocycles. The van der Waals surface area contributed by atoms with Crippen molar-refractivity contribution in [3.05, 3.63) is 53.1 Å². The van der Waals surface area contributed by atoms with Crippen molar-refractivity contribution in [2.75, 3.05) is 70.9 Å². The first-order chi connectivity index (χ1) is 20.3. The van der Waals surface area contributed by atoms with Crippen molar-refractivity contribution in [2.24, 2.45) is 0 Å². The minimum atomic E-state index is -0.729. The predicted octanol–water partition coefficient (Wildman–Crippen LogP) is 1.01. The van der Waals surface area contributed by atoms with E-state index in [4.69, 9.17) is 24.7 Å². The van der Waals surface area contributed by atoms with Gasteiger partial charge < -0.3 is 40.6 Å². The SMILES string of the molecule is COc1cc(C(=O)NCCOCCOCCOCCNc2cccc(C(=O)NC3CCC(=O)NC3=O)c2C)ccc1N. The number of hydrogen-bond acceptors (Lipinski definition) is 10. The fourth-order valence-electron chi connectivity index (χ4n) is 4.13. The Labute approximate surface area is 244 Å². The first-order valence-electron chi connectivity index (χ1n) is 13.7. The number of imide groups is 1. The molecular formula is C29H39N5O8. The fraction of sp³-hybridized carbons (Fsp3) is 0.448. The van der Waals surface area contributed by atoms with Gasteiger partial charge in [-0.05, 0) is 49.2 Å². The number of carbonyl (C=O) groups excluding carboxylic acids is 4. The Balaban J connectivity index is 1.21. The molecule has 1 heterocycles. The van der Waals surface area contributed by atoms with Crippen LogP contribution in [0.5, 0.6) is 5.75 Å². The second-order valence-corrected chi connectivity index (χ2v) is 9.43. The number of nitrogens with one attached hydrogen (secondary N) is 4. The van der Waals surface area contributed by atoms with Gasteiger partial charge in [0.15, 0.2) is 0 Å². The lowest BCUT2D eigenvalue weighted by molar-refractivity contribution is -0.134. The van der Waals surface area contributed by atoms with Crippen molar-refractivity contribution >= 4 is 35.0 Å². The Bertz CT molecular complexity index is 1240. The predicted molar refractivity (Wildman–Crippen MR) is 156 cm³/mol. The Morgan fingerprint density at radius 3 is 2.33 bits per heavy atom. The van der Waals surface area contributed by atoms with Crippen LogP contribution in [0.25, 0.3) is 0 Å². The highest BCUT2D eigenvalue weighted by Gasteiger charge is 2.28. The van der Waals surface area contributed by atoms with E-state index in [1.54, 1.807) is 30.3 Å². The molecule has 1 unspecified atom stereocenters. The zero-order valence-corrected chi connectivity index (χ0v) is 24.0. The molecule has 1 fully saturated rings. The molecule has 13 heteroatoms. The van der Waals surface area contributed by atoms with Crippen LogP contribution in [0.3, 0.4) is 0 Å². The van der Waals surface area contributed by atoms with Crippen molar-refractivity contribution in [1.82, 2.24) is 16.0 Å². The quantitative estimate of drug-likeness (QED) is 0.102. The van der Waals surface area contributed by atoms with Crippen LogP contribution in [0.15, 0.2) is 36.4 Å². The number of amides is 4. The first-order valence-corrected chi connectivity index (χ1v) is 13.7. The average Bonchev–Trinajstić information content (AvgIpc) is 2.97. The molecule has 1 aliphatic heterocycles. The van der Waals surface area contributed by atoms with Gasteiger partial charge in [0.2, 0.25) is 11.8 Å². The Kier molecular flexibility index (Phi) is 13.0. The second-order valence-electron chi connectivity index (χ2n) is 9.43. The smallest absolute Gasteiger partial charge is 0.252 e. The summed E-state index contributed by atoms with van der Waals surface area (Å²) >= 11 is 0. The number of nitrogens with two attached hydrogens (primary N) is 1. The van der Waals surface area contributed by atoms with Gasteiger partial charge >= 0.3 is 0 Å². The molecule has 42 heavy (non-hydrogen) atoms. The molecule has 1 saturated heterocycles. The Morgan fingerprint density at radius 1 is 0.952 bits per heavy atom. The maximum absolute atomic E-state index is 12.7. The van der Waals surface area contributed by atoms with Crippen LogP contribution in [-0.2, 0) is 23.8 Å². The summed E-state index contributed by atoms with van der Waals surface area (Å²) in [7, 11) is 1.50. The molecule has 0 saturated carbocycles. The number of nitrogen functional groups attached to an aromatic ring is 1. The molecule has 2 aromatic rings. The van der Waals surface area contributed by atoms with Crippen LogP contribution in [0.4, 0.5) is 11.4 Å². The summed E-state index contributed by atoms with van der Waals surface area (Å²) in [5.41, 5.74) is 8.67. The zero-order valence-electron chi connectivity index (χ0n) is 24.0. The lowest BCUT2D eigenvalue weighted by Gasteiger charge is -2.22. The number of methoxy groups -OCH3 is 1. The third-order valence-corrected chi connectivity index (χ3v) is 6.46. The van der Waals surface area contributed by atoms with Crippen molar-refractivity contribution < 1.29 is 38.1 Å². The molecule has 0 spiro atoms. The lowest BCUT2D eigenvalue weighted by Crippen LogP contribution is -2.52. The number of hydrogen-bond donors (Lipinski definition) is 5. The minimum Gasteiger partial charge on any atom is -0.495 e. The average molecular weight is 586 g/mol. The molecule has 0 bridgehead atoms. The van der Waals surface area contributed by atoms with Gasteiger partial charge in [-0.3, -0.25) is 24.5 Å². The number of benzene rings is 2. The Morgan fingerprint density at radius 2 is 1.64 bits per heavy atom. The first kappa shape index (κ1) is 32.3. The maximum atomic E-state index is 12.7. The van der Waals surface area contributed by atoms with E-state index in [-0.39, 0.29) is 30.6 Å². The molecule has 1 aliphatic rings. The third-order valence-electron chi connectivity index (χ3n) is 6.46. The zero-order chi connectivity index (χ0) is 30.3. The summed E-state index contributed by atoms with van der Waals surface area (Å²) in [5, 5.41) is 11.0. The second kappa shape index (κ2) is 16.9. The summed E-state index contributed by atoms with van der Waals surface area (Å²) in [6.45, 7) is 5.10. The minimum absolute atomic E-state index is 0.195. The van der Waals surface area contributed by atoms with Crippen molar-refractivity contribution in [1.29, 1.82) is 0 Å². The molecule has 2 aromatic carbocycles. The lowest BCUT2D eigenvalue weighted by atomic mass is 10.0. The Hall–Kier alpha value is -4.20. The van der Waals surface area contributed by atoms with E-state index in [0.717, 1.165) is 11.3 Å².